The van der Waals surface area contributed by atoms with Crippen LogP contribution in [0.25, 0.3) is 22.2 Å². The lowest BCUT2D eigenvalue weighted by molar-refractivity contribution is -0.138. The van der Waals surface area contributed by atoms with Gasteiger partial charge in [-0.2, -0.15) is 0 Å². The van der Waals surface area contributed by atoms with Crippen LogP contribution in [-0.2, 0) is 11.3 Å². The summed E-state index contributed by atoms with van der Waals surface area (Å²) in [5, 5.41) is 11.7. The first-order valence-electron chi connectivity index (χ1n) is 7.74. The molecule has 5 heteroatoms. The molecule has 1 unspecified atom stereocenters. The summed E-state index contributed by atoms with van der Waals surface area (Å²) in [7, 11) is 0. The van der Waals surface area contributed by atoms with Gasteiger partial charge in [-0.05, 0) is 55.3 Å². The van der Waals surface area contributed by atoms with E-state index in [4.69, 9.17) is 23.2 Å². The van der Waals surface area contributed by atoms with E-state index >= 15 is 0 Å². The van der Waals surface area contributed by atoms with Gasteiger partial charge in [-0.1, -0.05) is 35.3 Å². The standard InChI is InChI=1S/C19H17Cl2NO2/c1-3-22-16-9-8-14(21)10-15(16)17(11(2)19(23)24)18(22)12-4-6-13(20)7-5-12/h4-11H,3H2,1-2H3,(H,23,24). The second kappa shape index (κ2) is 6.50. The highest BCUT2D eigenvalue weighted by Gasteiger charge is 2.26. The quantitative estimate of drug-likeness (QED) is 0.635. The number of hydrogen-bond acceptors (Lipinski definition) is 1. The second-order valence-electron chi connectivity index (χ2n) is 5.73. The summed E-state index contributed by atoms with van der Waals surface area (Å²) in [6.07, 6.45) is 0. The smallest absolute Gasteiger partial charge is 0.310 e. The van der Waals surface area contributed by atoms with E-state index in [9.17, 15) is 9.90 Å². The molecule has 0 amide bonds. The number of carbonyl (C=O) groups is 1. The van der Waals surface area contributed by atoms with Gasteiger partial charge < -0.3 is 9.67 Å². The number of aromatic nitrogens is 1. The van der Waals surface area contributed by atoms with Crippen LogP contribution in [0.4, 0.5) is 0 Å². The molecule has 0 aliphatic heterocycles. The number of aryl methyl sites for hydroxylation is 1. The fraction of sp³-hybridized carbons (Fsp3) is 0.211. The van der Waals surface area contributed by atoms with Gasteiger partial charge in [-0.25, -0.2) is 0 Å². The summed E-state index contributed by atoms with van der Waals surface area (Å²) < 4.78 is 2.13. The van der Waals surface area contributed by atoms with Gasteiger partial charge in [-0.15, -0.1) is 0 Å². The highest BCUT2D eigenvalue weighted by Crippen LogP contribution is 2.39. The number of carboxylic acids is 1. The lowest BCUT2D eigenvalue weighted by atomic mass is 9.94. The van der Waals surface area contributed by atoms with E-state index in [0.717, 1.165) is 34.3 Å². The van der Waals surface area contributed by atoms with Crippen molar-refractivity contribution in [2.24, 2.45) is 0 Å². The van der Waals surface area contributed by atoms with E-state index in [2.05, 4.69) is 4.57 Å². The maximum absolute atomic E-state index is 11.7. The van der Waals surface area contributed by atoms with Crippen molar-refractivity contribution in [3.8, 4) is 11.3 Å². The van der Waals surface area contributed by atoms with E-state index in [-0.39, 0.29) is 0 Å². The zero-order valence-electron chi connectivity index (χ0n) is 13.4. The van der Waals surface area contributed by atoms with Crippen LogP contribution in [0.3, 0.4) is 0 Å². The second-order valence-corrected chi connectivity index (χ2v) is 6.61. The van der Waals surface area contributed by atoms with E-state index in [1.807, 2.05) is 49.4 Å². The Bertz CT molecular complexity index is 913. The molecular weight excluding hydrogens is 345 g/mol. The van der Waals surface area contributed by atoms with E-state index in [1.165, 1.54) is 0 Å². The van der Waals surface area contributed by atoms with Gasteiger partial charge >= 0.3 is 5.97 Å². The largest absolute Gasteiger partial charge is 0.481 e. The number of hydrogen-bond donors (Lipinski definition) is 1. The Kier molecular flexibility index (Phi) is 4.57. The minimum absolute atomic E-state index is 0.595. The lowest BCUT2D eigenvalue weighted by Crippen LogP contribution is -2.09. The molecule has 0 fully saturated rings. The van der Waals surface area contributed by atoms with E-state index in [1.54, 1.807) is 6.92 Å². The Morgan fingerprint density at radius 3 is 2.33 bits per heavy atom. The molecule has 1 heterocycles. The summed E-state index contributed by atoms with van der Waals surface area (Å²) in [4.78, 5) is 11.7. The molecule has 1 N–H and O–H groups in total. The van der Waals surface area contributed by atoms with Crippen molar-refractivity contribution < 1.29 is 9.90 Å². The Labute approximate surface area is 150 Å². The van der Waals surface area contributed by atoms with Crippen LogP contribution < -0.4 is 0 Å². The van der Waals surface area contributed by atoms with Crippen LogP contribution in [0.5, 0.6) is 0 Å². The molecule has 24 heavy (non-hydrogen) atoms. The molecule has 0 aliphatic carbocycles. The van der Waals surface area contributed by atoms with Crippen molar-refractivity contribution in [2.45, 2.75) is 26.3 Å². The Balaban J connectivity index is 2.42. The van der Waals surface area contributed by atoms with E-state index < -0.39 is 11.9 Å². The number of halogens is 2. The Hall–Kier alpha value is -1.97. The van der Waals surface area contributed by atoms with Crippen LogP contribution >= 0.6 is 23.2 Å². The molecular formula is C19H17Cl2NO2. The zero-order chi connectivity index (χ0) is 17.4. The molecule has 0 saturated carbocycles. The molecule has 0 aliphatic rings. The fourth-order valence-corrected chi connectivity index (χ4v) is 3.46. The molecule has 0 bridgehead atoms. The van der Waals surface area contributed by atoms with Crippen molar-refractivity contribution >= 4 is 40.1 Å². The minimum atomic E-state index is -0.861. The van der Waals surface area contributed by atoms with Crippen LogP contribution in [0.15, 0.2) is 42.5 Å². The summed E-state index contributed by atoms with van der Waals surface area (Å²) in [5.41, 5.74) is 3.61. The first-order chi connectivity index (χ1) is 11.4. The molecule has 3 nitrogen and oxygen atoms in total. The Morgan fingerprint density at radius 1 is 1.12 bits per heavy atom. The predicted molar refractivity (Wildman–Crippen MR) is 99.1 cm³/mol. The van der Waals surface area contributed by atoms with Crippen LogP contribution in [0, 0.1) is 0 Å². The first-order valence-corrected chi connectivity index (χ1v) is 8.50. The summed E-state index contributed by atoms with van der Waals surface area (Å²) in [6, 6.07) is 13.1. The average Bonchev–Trinajstić information content (AvgIpc) is 2.87. The van der Waals surface area contributed by atoms with Gasteiger partial charge in [0.1, 0.15) is 0 Å². The SMILES string of the molecule is CCn1c(-c2ccc(Cl)cc2)c(C(C)C(=O)O)c2cc(Cl)ccc21. The van der Waals surface area contributed by atoms with Crippen LogP contribution in [0.1, 0.15) is 25.3 Å². The van der Waals surface area contributed by atoms with Crippen molar-refractivity contribution in [2.75, 3.05) is 0 Å². The van der Waals surface area contributed by atoms with Crippen LogP contribution in [0.2, 0.25) is 10.0 Å². The third kappa shape index (κ3) is 2.79. The van der Waals surface area contributed by atoms with Crippen molar-refractivity contribution in [1.29, 1.82) is 0 Å². The van der Waals surface area contributed by atoms with Gasteiger partial charge in [0.15, 0.2) is 0 Å². The summed E-state index contributed by atoms with van der Waals surface area (Å²) >= 11 is 12.2. The van der Waals surface area contributed by atoms with Crippen molar-refractivity contribution in [1.82, 2.24) is 4.57 Å². The monoisotopic (exact) mass is 361 g/mol. The van der Waals surface area contributed by atoms with Crippen molar-refractivity contribution in [3.05, 3.63) is 58.1 Å². The van der Waals surface area contributed by atoms with E-state index in [0.29, 0.717) is 10.0 Å². The van der Waals surface area contributed by atoms with Gasteiger partial charge in [-0.3, -0.25) is 4.79 Å². The fourth-order valence-electron chi connectivity index (χ4n) is 3.16. The maximum Gasteiger partial charge on any atom is 0.310 e. The topological polar surface area (TPSA) is 42.2 Å². The van der Waals surface area contributed by atoms with Gasteiger partial charge in [0.2, 0.25) is 0 Å². The summed E-state index contributed by atoms with van der Waals surface area (Å²) in [5.74, 6) is -1.51. The highest BCUT2D eigenvalue weighted by molar-refractivity contribution is 6.31. The molecule has 1 atom stereocenters. The predicted octanol–water partition coefficient (Wildman–Crippen LogP) is 5.82. The lowest BCUT2D eigenvalue weighted by Gasteiger charge is -2.13. The number of benzene rings is 2. The molecule has 2 aromatic carbocycles. The number of carboxylic acid groups (broad SMARTS) is 1. The first kappa shape index (κ1) is 16.9. The minimum Gasteiger partial charge on any atom is -0.481 e. The average molecular weight is 362 g/mol. The molecule has 124 valence electrons. The van der Waals surface area contributed by atoms with Gasteiger partial charge in [0.05, 0.1) is 11.6 Å². The number of fused-ring (bicyclic) bond motifs is 1. The summed E-state index contributed by atoms with van der Waals surface area (Å²) in [6.45, 7) is 4.47. The van der Waals surface area contributed by atoms with Crippen LogP contribution in [-0.4, -0.2) is 15.6 Å². The molecule has 0 saturated heterocycles. The van der Waals surface area contributed by atoms with Crippen molar-refractivity contribution in [3.63, 3.8) is 0 Å². The molecule has 1 aromatic heterocycles. The van der Waals surface area contributed by atoms with Gasteiger partial charge in [0.25, 0.3) is 0 Å². The number of nitrogens with zero attached hydrogens (tertiary/aromatic N) is 1. The molecule has 0 spiro atoms. The Morgan fingerprint density at radius 2 is 1.75 bits per heavy atom. The normalized spacial score (nSPS) is 12.5. The van der Waals surface area contributed by atoms with Gasteiger partial charge in [0, 0.05) is 27.5 Å². The maximum atomic E-state index is 11.7. The molecule has 3 aromatic rings. The highest BCUT2D eigenvalue weighted by atomic mass is 35.5. The third-order valence-corrected chi connectivity index (χ3v) is 4.79. The number of rotatable bonds is 4. The third-order valence-electron chi connectivity index (χ3n) is 4.30. The number of aliphatic carboxylic acids is 1. The molecule has 3 rings (SSSR count). The zero-order valence-corrected chi connectivity index (χ0v) is 14.9. The molecule has 0 radical (unpaired) electrons.